The van der Waals surface area contributed by atoms with Gasteiger partial charge in [0.25, 0.3) is 0 Å². The van der Waals surface area contributed by atoms with Crippen LogP contribution in [0.25, 0.3) is 11.3 Å². The lowest BCUT2D eigenvalue weighted by Crippen LogP contribution is -2.45. The summed E-state index contributed by atoms with van der Waals surface area (Å²) < 4.78 is 4.14. The van der Waals surface area contributed by atoms with Gasteiger partial charge in [-0.2, -0.15) is 20.0 Å². The second-order valence-corrected chi connectivity index (χ2v) is 7.38. The van der Waals surface area contributed by atoms with Crippen molar-refractivity contribution in [2.75, 3.05) is 33.2 Å². The summed E-state index contributed by atoms with van der Waals surface area (Å²) in [4.78, 5) is 4.69. The molecule has 0 atom stereocenters. The highest BCUT2D eigenvalue weighted by molar-refractivity contribution is 7.71. The van der Waals surface area contributed by atoms with Crippen molar-refractivity contribution in [2.45, 2.75) is 13.6 Å². The number of aromatic nitrogens is 5. The maximum atomic E-state index is 5.61. The Morgan fingerprint density at radius 1 is 1.18 bits per heavy atom. The van der Waals surface area contributed by atoms with Gasteiger partial charge < -0.3 is 4.90 Å². The highest BCUT2D eigenvalue weighted by Gasteiger charge is 2.16. The summed E-state index contributed by atoms with van der Waals surface area (Å²) in [6.07, 6.45) is 3.54. The Balaban J connectivity index is 1.54. The number of H-pyrrole nitrogens is 1. The number of likely N-dealkylation sites (N-methyl/N-ethyl adjacent to an activating group) is 1. The molecule has 146 valence electrons. The van der Waals surface area contributed by atoms with Gasteiger partial charge in [-0.1, -0.05) is 30.3 Å². The number of hydrogen-bond acceptors (Lipinski definition) is 6. The van der Waals surface area contributed by atoms with Crippen LogP contribution in [0, 0.1) is 11.7 Å². The molecule has 3 aromatic rings. The van der Waals surface area contributed by atoms with Crippen molar-refractivity contribution in [3.63, 3.8) is 0 Å². The molecule has 9 heteroatoms. The van der Waals surface area contributed by atoms with E-state index in [9.17, 15) is 0 Å². The first-order valence-corrected chi connectivity index (χ1v) is 9.73. The van der Waals surface area contributed by atoms with Crippen LogP contribution in [0.2, 0.25) is 0 Å². The molecule has 1 saturated heterocycles. The number of nitrogens with zero attached hydrogens (tertiary/aromatic N) is 7. The Labute approximate surface area is 169 Å². The summed E-state index contributed by atoms with van der Waals surface area (Å²) in [7, 11) is 2.15. The highest BCUT2D eigenvalue weighted by atomic mass is 32.1. The second kappa shape index (κ2) is 8.17. The Kier molecular flexibility index (Phi) is 5.47. The molecular weight excluding hydrogens is 372 g/mol. The van der Waals surface area contributed by atoms with Crippen LogP contribution in [0.4, 0.5) is 0 Å². The molecule has 0 saturated carbocycles. The van der Waals surface area contributed by atoms with Crippen LogP contribution in [0.3, 0.4) is 0 Å². The molecule has 1 fully saturated rings. The number of rotatable bonds is 5. The maximum absolute atomic E-state index is 5.61. The molecule has 0 radical (unpaired) electrons. The minimum atomic E-state index is 0.595. The van der Waals surface area contributed by atoms with Gasteiger partial charge in [-0.15, -0.1) is 0 Å². The molecule has 1 N–H and O–H groups in total. The lowest BCUT2D eigenvalue weighted by atomic mass is 10.1. The first-order chi connectivity index (χ1) is 13.6. The third kappa shape index (κ3) is 3.96. The van der Waals surface area contributed by atoms with Gasteiger partial charge in [0.05, 0.1) is 24.8 Å². The van der Waals surface area contributed by atoms with Gasteiger partial charge in [0.15, 0.2) is 5.82 Å². The van der Waals surface area contributed by atoms with Gasteiger partial charge in [-0.3, -0.25) is 10.00 Å². The molecule has 3 heterocycles. The zero-order chi connectivity index (χ0) is 19.5. The molecular formula is C19H24N8S. The lowest BCUT2D eigenvalue weighted by molar-refractivity contribution is 0.118. The van der Waals surface area contributed by atoms with Gasteiger partial charge in [-0.25, -0.2) is 4.68 Å². The van der Waals surface area contributed by atoms with Crippen molar-refractivity contribution in [1.29, 1.82) is 0 Å². The molecule has 0 unspecified atom stereocenters. The topological polar surface area (TPSA) is 70.3 Å². The Hall–Kier alpha value is -2.62. The molecule has 1 aliphatic heterocycles. The van der Waals surface area contributed by atoms with Crippen LogP contribution in [-0.4, -0.2) is 73.9 Å². The van der Waals surface area contributed by atoms with Crippen LogP contribution in [0.15, 0.2) is 41.6 Å². The van der Waals surface area contributed by atoms with E-state index in [2.05, 4.69) is 37.2 Å². The monoisotopic (exact) mass is 396 g/mol. The van der Waals surface area contributed by atoms with Crippen LogP contribution in [0.5, 0.6) is 0 Å². The summed E-state index contributed by atoms with van der Waals surface area (Å²) in [5.41, 5.74) is 2.89. The lowest BCUT2D eigenvalue weighted by Gasteiger charge is -2.31. The van der Waals surface area contributed by atoms with Crippen molar-refractivity contribution < 1.29 is 0 Å². The molecule has 0 amide bonds. The fourth-order valence-corrected chi connectivity index (χ4v) is 3.54. The minimum absolute atomic E-state index is 0.595. The summed E-state index contributed by atoms with van der Waals surface area (Å²) in [6.45, 7) is 6.77. The number of aryl methyl sites for hydroxylation is 1. The van der Waals surface area contributed by atoms with E-state index < -0.39 is 0 Å². The molecule has 4 rings (SSSR count). The van der Waals surface area contributed by atoms with Crippen molar-refractivity contribution in [3.8, 4) is 11.3 Å². The van der Waals surface area contributed by atoms with Crippen LogP contribution < -0.4 is 0 Å². The number of benzene rings is 1. The molecule has 2 aromatic heterocycles. The summed E-state index contributed by atoms with van der Waals surface area (Å²) in [6, 6.07) is 10.1. The van der Waals surface area contributed by atoms with Crippen LogP contribution >= 0.6 is 12.2 Å². The predicted octanol–water partition coefficient (Wildman–Crippen LogP) is 2.20. The van der Waals surface area contributed by atoms with E-state index in [1.807, 2.05) is 41.9 Å². The van der Waals surface area contributed by atoms with E-state index in [1.54, 1.807) is 17.1 Å². The summed E-state index contributed by atoms with van der Waals surface area (Å²) >= 11 is 5.61. The fourth-order valence-electron chi connectivity index (χ4n) is 3.26. The Morgan fingerprint density at radius 2 is 1.93 bits per heavy atom. The van der Waals surface area contributed by atoms with E-state index in [4.69, 9.17) is 12.2 Å². The molecule has 28 heavy (non-hydrogen) atoms. The van der Waals surface area contributed by atoms with Crippen LogP contribution in [-0.2, 0) is 6.67 Å². The molecule has 0 aliphatic carbocycles. The first-order valence-electron chi connectivity index (χ1n) is 9.32. The van der Waals surface area contributed by atoms with E-state index in [1.165, 1.54) is 0 Å². The second-order valence-electron chi connectivity index (χ2n) is 7.01. The minimum Gasteiger partial charge on any atom is -0.304 e. The van der Waals surface area contributed by atoms with Crippen molar-refractivity contribution in [3.05, 3.63) is 52.7 Å². The van der Waals surface area contributed by atoms with Crippen molar-refractivity contribution in [2.24, 2.45) is 5.10 Å². The zero-order valence-corrected chi connectivity index (χ0v) is 16.9. The number of aromatic amines is 1. The highest BCUT2D eigenvalue weighted by Crippen LogP contribution is 2.19. The van der Waals surface area contributed by atoms with Crippen LogP contribution in [0.1, 0.15) is 11.4 Å². The molecule has 1 aromatic carbocycles. The van der Waals surface area contributed by atoms with Gasteiger partial charge >= 0.3 is 0 Å². The van der Waals surface area contributed by atoms with Crippen molar-refractivity contribution in [1.82, 2.24) is 34.5 Å². The standard InChI is InChI=1S/C19H24N8S/c1-15-23-26(14-25-10-8-24(2)9-11-25)19(28)27(15)21-13-17-12-20-22-18(17)16-6-4-3-5-7-16/h3-7,12-13H,8-11,14H2,1-2H3,(H,20,22)/b21-13+. The SMILES string of the molecule is Cc1nn(CN2CCN(C)CC2)c(=S)n1/N=C/c1cn[nH]c1-c1ccccc1. The van der Waals surface area contributed by atoms with E-state index >= 15 is 0 Å². The smallest absolute Gasteiger partial charge is 0.220 e. The number of piperazine rings is 1. The first kappa shape index (κ1) is 18.7. The zero-order valence-electron chi connectivity index (χ0n) is 16.1. The molecule has 0 bridgehead atoms. The van der Waals surface area contributed by atoms with Gasteiger partial charge in [0, 0.05) is 37.3 Å². The van der Waals surface area contributed by atoms with E-state index in [0.717, 1.165) is 48.8 Å². The molecule has 8 nitrogen and oxygen atoms in total. The quantitative estimate of drug-likeness (QED) is 0.529. The average Bonchev–Trinajstić information content (AvgIpc) is 3.28. The maximum Gasteiger partial charge on any atom is 0.220 e. The Bertz CT molecular complexity index is 1010. The van der Waals surface area contributed by atoms with E-state index in [-0.39, 0.29) is 0 Å². The molecule has 1 aliphatic rings. The van der Waals surface area contributed by atoms with Gasteiger partial charge in [0.1, 0.15) is 0 Å². The number of nitrogens with one attached hydrogen (secondary N) is 1. The van der Waals surface area contributed by atoms with Gasteiger partial charge in [0.2, 0.25) is 4.77 Å². The fraction of sp³-hybridized carbons (Fsp3) is 0.368. The molecule has 0 spiro atoms. The largest absolute Gasteiger partial charge is 0.304 e. The Morgan fingerprint density at radius 3 is 2.68 bits per heavy atom. The third-order valence-electron chi connectivity index (χ3n) is 4.95. The predicted molar refractivity (Wildman–Crippen MR) is 112 cm³/mol. The normalized spacial score (nSPS) is 16.2. The summed E-state index contributed by atoms with van der Waals surface area (Å²) in [5, 5.41) is 16.4. The van der Waals surface area contributed by atoms with Crippen molar-refractivity contribution >= 4 is 18.4 Å². The number of hydrogen-bond donors (Lipinski definition) is 1. The third-order valence-corrected chi connectivity index (χ3v) is 5.33. The summed E-state index contributed by atoms with van der Waals surface area (Å²) in [5.74, 6) is 0.764. The van der Waals surface area contributed by atoms with Gasteiger partial charge in [-0.05, 0) is 26.2 Å². The average molecular weight is 397 g/mol. The van der Waals surface area contributed by atoms with E-state index in [0.29, 0.717) is 11.4 Å².